The van der Waals surface area contributed by atoms with Gasteiger partial charge in [0.25, 0.3) is 5.91 Å². The van der Waals surface area contributed by atoms with Crippen molar-refractivity contribution in [1.82, 2.24) is 15.2 Å². The number of aromatic nitrogens is 1. The number of pyridine rings is 1. The van der Waals surface area contributed by atoms with E-state index in [4.69, 9.17) is 18.0 Å². The van der Waals surface area contributed by atoms with Crippen molar-refractivity contribution in [3.8, 4) is 0 Å². The van der Waals surface area contributed by atoms with Crippen LogP contribution in [0.1, 0.15) is 42.2 Å². The summed E-state index contributed by atoms with van der Waals surface area (Å²) < 4.78 is 0. The van der Waals surface area contributed by atoms with Crippen LogP contribution in [-0.2, 0) is 0 Å². The Kier molecular flexibility index (Phi) is 5.64. The van der Waals surface area contributed by atoms with Gasteiger partial charge in [0, 0.05) is 24.3 Å². The number of hydrogen-bond acceptors (Lipinski definition) is 4. The van der Waals surface area contributed by atoms with Crippen LogP contribution in [-0.4, -0.2) is 46.5 Å². The highest BCUT2D eigenvalue weighted by Gasteiger charge is 2.16. The molecule has 2 heterocycles. The first kappa shape index (κ1) is 15.9. The smallest absolute Gasteiger partial charge is 0.270 e. The maximum Gasteiger partial charge on any atom is 0.270 e. The van der Waals surface area contributed by atoms with Gasteiger partial charge in [-0.3, -0.25) is 9.78 Å². The first-order valence-electron chi connectivity index (χ1n) is 7.35. The highest BCUT2D eigenvalue weighted by atomic mass is 32.1. The number of amides is 1. The summed E-state index contributed by atoms with van der Waals surface area (Å²) in [6.07, 6.45) is 5.36. The summed E-state index contributed by atoms with van der Waals surface area (Å²) in [6.45, 7) is 5.16. The van der Waals surface area contributed by atoms with Crippen LogP contribution in [0, 0.1) is 0 Å². The Morgan fingerprint density at radius 2 is 2.14 bits per heavy atom. The Morgan fingerprint density at radius 1 is 1.43 bits per heavy atom. The lowest BCUT2D eigenvalue weighted by atomic mass is 10.1. The quantitative estimate of drug-likeness (QED) is 0.803. The lowest BCUT2D eigenvalue weighted by Gasteiger charge is -2.29. The number of thiocarbonyl (C=S) groups is 1. The van der Waals surface area contributed by atoms with E-state index < -0.39 is 0 Å². The highest BCUT2D eigenvalue weighted by molar-refractivity contribution is 7.80. The number of nitrogens with one attached hydrogen (secondary N) is 1. The fraction of sp³-hybridized carbons (Fsp3) is 0.533. The molecule has 0 aliphatic carbocycles. The van der Waals surface area contributed by atoms with E-state index in [9.17, 15) is 4.79 Å². The summed E-state index contributed by atoms with van der Waals surface area (Å²) in [7, 11) is 0. The molecule has 1 aliphatic rings. The first-order chi connectivity index (χ1) is 10.1. The Bertz CT molecular complexity index is 497. The van der Waals surface area contributed by atoms with E-state index in [-0.39, 0.29) is 16.9 Å². The van der Waals surface area contributed by atoms with Crippen LogP contribution in [0.4, 0.5) is 0 Å². The van der Waals surface area contributed by atoms with Gasteiger partial charge in [-0.1, -0.05) is 18.6 Å². The SMILES string of the molecule is CC(CN1CCCCC1)NC(=O)c1ccc(C(N)=S)cn1. The van der Waals surface area contributed by atoms with Crippen molar-refractivity contribution in [3.05, 3.63) is 29.6 Å². The third-order valence-corrected chi connectivity index (χ3v) is 3.87. The van der Waals surface area contributed by atoms with Gasteiger partial charge in [0.15, 0.2) is 0 Å². The normalized spacial score (nSPS) is 17.2. The predicted octanol–water partition coefficient (Wildman–Crippen LogP) is 1.32. The topological polar surface area (TPSA) is 71.2 Å². The third-order valence-electron chi connectivity index (χ3n) is 3.64. The lowest BCUT2D eigenvalue weighted by molar-refractivity contribution is 0.0920. The number of likely N-dealkylation sites (tertiary alicyclic amines) is 1. The molecule has 0 aromatic carbocycles. The summed E-state index contributed by atoms with van der Waals surface area (Å²) in [5.41, 5.74) is 6.57. The number of rotatable bonds is 5. The summed E-state index contributed by atoms with van der Waals surface area (Å²) in [5.74, 6) is -0.158. The molecule has 3 N–H and O–H groups in total. The van der Waals surface area contributed by atoms with Crippen molar-refractivity contribution in [2.45, 2.75) is 32.2 Å². The molecule has 1 fully saturated rings. The Labute approximate surface area is 130 Å². The zero-order chi connectivity index (χ0) is 15.2. The fourth-order valence-electron chi connectivity index (χ4n) is 2.55. The second-order valence-electron chi connectivity index (χ2n) is 5.53. The maximum absolute atomic E-state index is 12.1. The van der Waals surface area contributed by atoms with Crippen LogP contribution in [0.3, 0.4) is 0 Å². The predicted molar refractivity (Wildman–Crippen MR) is 87.3 cm³/mol. The van der Waals surface area contributed by atoms with E-state index in [1.807, 2.05) is 6.92 Å². The van der Waals surface area contributed by atoms with Crippen LogP contribution >= 0.6 is 12.2 Å². The second-order valence-corrected chi connectivity index (χ2v) is 5.97. The Balaban J connectivity index is 1.86. The fourth-order valence-corrected chi connectivity index (χ4v) is 2.67. The van der Waals surface area contributed by atoms with Crippen molar-refractivity contribution in [1.29, 1.82) is 0 Å². The molecule has 1 unspecified atom stereocenters. The molecule has 0 spiro atoms. The maximum atomic E-state index is 12.1. The molecule has 1 aromatic heterocycles. The Morgan fingerprint density at radius 3 is 2.71 bits per heavy atom. The molecule has 0 bridgehead atoms. The molecule has 1 aliphatic heterocycles. The monoisotopic (exact) mass is 306 g/mol. The molecule has 1 aromatic rings. The number of nitrogens with zero attached hydrogens (tertiary/aromatic N) is 2. The zero-order valence-corrected chi connectivity index (χ0v) is 13.2. The van der Waals surface area contributed by atoms with Crippen LogP contribution < -0.4 is 11.1 Å². The van der Waals surface area contributed by atoms with Gasteiger partial charge in [0.1, 0.15) is 10.7 Å². The van der Waals surface area contributed by atoms with Gasteiger partial charge in [-0.25, -0.2) is 0 Å². The van der Waals surface area contributed by atoms with Crippen LogP contribution in [0.15, 0.2) is 18.3 Å². The number of hydrogen-bond donors (Lipinski definition) is 2. The molecular weight excluding hydrogens is 284 g/mol. The summed E-state index contributed by atoms with van der Waals surface area (Å²) >= 11 is 4.86. The summed E-state index contributed by atoms with van der Waals surface area (Å²) in [5, 5.41) is 2.98. The molecule has 6 heteroatoms. The van der Waals surface area contributed by atoms with E-state index in [0.29, 0.717) is 11.3 Å². The van der Waals surface area contributed by atoms with E-state index in [1.165, 1.54) is 25.5 Å². The lowest BCUT2D eigenvalue weighted by Crippen LogP contribution is -2.43. The van der Waals surface area contributed by atoms with Gasteiger partial charge in [0.05, 0.1) is 0 Å². The molecule has 0 saturated carbocycles. The molecule has 21 heavy (non-hydrogen) atoms. The van der Waals surface area contributed by atoms with Gasteiger partial charge < -0.3 is 16.0 Å². The zero-order valence-electron chi connectivity index (χ0n) is 12.3. The highest BCUT2D eigenvalue weighted by Crippen LogP contribution is 2.09. The van der Waals surface area contributed by atoms with E-state index >= 15 is 0 Å². The van der Waals surface area contributed by atoms with Gasteiger partial charge in [-0.15, -0.1) is 0 Å². The third kappa shape index (κ3) is 4.75. The van der Waals surface area contributed by atoms with Gasteiger partial charge in [-0.2, -0.15) is 0 Å². The minimum Gasteiger partial charge on any atom is -0.389 e. The standard InChI is InChI=1S/C15H22N4OS/c1-11(10-19-7-3-2-4-8-19)18-15(20)13-6-5-12(9-17-13)14(16)21/h5-6,9,11H,2-4,7-8,10H2,1H3,(H2,16,21)(H,18,20). The van der Waals surface area contributed by atoms with E-state index in [1.54, 1.807) is 12.1 Å². The minimum absolute atomic E-state index is 0.104. The average molecular weight is 306 g/mol. The summed E-state index contributed by atoms with van der Waals surface area (Å²) in [4.78, 5) is 18.9. The molecule has 0 radical (unpaired) electrons. The number of carbonyl (C=O) groups is 1. The van der Waals surface area contributed by atoms with E-state index in [2.05, 4.69) is 15.2 Å². The van der Waals surface area contributed by atoms with Crippen molar-refractivity contribution in [2.75, 3.05) is 19.6 Å². The minimum atomic E-state index is -0.158. The summed E-state index contributed by atoms with van der Waals surface area (Å²) in [6, 6.07) is 3.48. The first-order valence-corrected chi connectivity index (χ1v) is 7.76. The number of piperidine rings is 1. The van der Waals surface area contributed by atoms with Crippen molar-refractivity contribution >= 4 is 23.1 Å². The average Bonchev–Trinajstić information content (AvgIpc) is 2.48. The van der Waals surface area contributed by atoms with Crippen LogP contribution in [0.5, 0.6) is 0 Å². The molecule has 114 valence electrons. The molecule has 1 atom stereocenters. The number of nitrogens with two attached hydrogens (primary N) is 1. The van der Waals surface area contributed by atoms with Gasteiger partial charge >= 0.3 is 0 Å². The molecular formula is C15H22N4OS. The van der Waals surface area contributed by atoms with Crippen molar-refractivity contribution in [3.63, 3.8) is 0 Å². The molecule has 2 rings (SSSR count). The van der Waals surface area contributed by atoms with E-state index in [0.717, 1.165) is 19.6 Å². The van der Waals surface area contributed by atoms with Crippen molar-refractivity contribution < 1.29 is 4.79 Å². The van der Waals surface area contributed by atoms with Crippen LogP contribution in [0.25, 0.3) is 0 Å². The largest absolute Gasteiger partial charge is 0.389 e. The molecule has 5 nitrogen and oxygen atoms in total. The van der Waals surface area contributed by atoms with Crippen molar-refractivity contribution in [2.24, 2.45) is 5.73 Å². The Hall–Kier alpha value is -1.53. The molecule has 1 saturated heterocycles. The second kappa shape index (κ2) is 7.47. The van der Waals surface area contributed by atoms with Gasteiger partial charge in [0.2, 0.25) is 0 Å². The number of carbonyl (C=O) groups excluding carboxylic acids is 1. The molecule has 1 amide bonds. The van der Waals surface area contributed by atoms with Crippen LogP contribution in [0.2, 0.25) is 0 Å². The van der Waals surface area contributed by atoms with Gasteiger partial charge in [-0.05, 0) is 45.0 Å².